The predicted molar refractivity (Wildman–Crippen MR) is 101 cm³/mol. The second kappa shape index (κ2) is 6.35. The molecule has 2 aromatic carbocycles. The lowest BCUT2D eigenvalue weighted by Gasteiger charge is -2.26. The fraction of sp³-hybridized carbons (Fsp3) is 0.391. The van der Waals surface area contributed by atoms with Crippen LogP contribution in [0.1, 0.15) is 62.1 Å². The molecular formula is C23H26. The van der Waals surface area contributed by atoms with E-state index < -0.39 is 0 Å². The van der Waals surface area contributed by atoms with E-state index in [1.54, 1.807) is 22.1 Å². The third-order valence-electron chi connectivity index (χ3n) is 5.53. The van der Waals surface area contributed by atoms with Gasteiger partial charge in [-0.15, -0.1) is 0 Å². The van der Waals surface area contributed by atoms with Crippen LogP contribution in [0.15, 0.2) is 48.1 Å². The Bertz CT molecular complexity index is 789. The van der Waals surface area contributed by atoms with Crippen LogP contribution in [0.5, 0.6) is 0 Å². The molecular weight excluding hydrogens is 276 g/mol. The number of unbranched alkanes of at least 4 members (excludes halogenated alkanes) is 2. The number of hydrogen-bond donors (Lipinski definition) is 0. The lowest BCUT2D eigenvalue weighted by molar-refractivity contribution is 0.719. The van der Waals surface area contributed by atoms with Gasteiger partial charge in [-0.2, -0.15) is 0 Å². The highest BCUT2D eigenvalue weighted by atomic mass is 14.3. The van der Waals surface area contributed by atoms with Gasteiger partial charge in [0.15, 0.2) is 0 Å². The van der Waals surface area contributed by atoms with Gasteiger partial charge in [-0.3, -0.25) is 0 Å². The molecule has 23 heavy (non-hydrogen) atoms. The molecule has 0 spiro atoms. The lowest BCUT2D eigenvalue weighted by atomic mass is 9.78. The van der Waals surface area contributed by atoms with Crippen LogP contribution < -0.4 is 0 Å². The standard InChI is InChI=1S/C23H26/c1-2-3-4-9-18-10-7-11-19-14-15-21-20-12-6-5-8-17(20)13-16-22(21)23(18)19/h6-7,10-12,14-15H,2-5,8-9,13,16H2,1H3. The molecule has 0 radical (unpaired) electrons. The first-order valence-electron chi connectivity index (χ1n) is 9.31. The molecule has 0 saturated carbocycles. The predicted octanol–water partition coefficient (Wildman–Crippen LogP) is 6.62. The first-order valence-corrected chi connectivity index (χ1v) is 9.31. The van der Waals surface area contributed by atoms with E-state index in [1.807, 2.05) is 0 Å². The maximum atomic E-state index is 2.38. The van der Waals surface area contributed by atoms with Gasteiger partial charge in [0.25, 0.3) is 0 Å². The highest BCUT2D eigenvalue weighted by Gasteiger charge is 2.21. The van der Waals surface area contributed by atoms with Gasteiger partial charge in [0, 0.05) is 0 Å². The fourth-order valence-corrected chi connectivity index (χ4v) is 4.35. The van der Waals surface area contributed by atoms with E-state index in [2.05, 4.69) is 49.4 Å². The molecule has 0 heteroatoms. The van der Waals surface area contributed by atoms with Gasteiger partial charge in [-0.25, -0.2) is 0 Å². The first-order chi connectivity index (χ1) is 11.4. The van der Waals surface area contributed by atoms with Crippen molar-refractivity contribution in [3.05, 3.63) is 64.7 Å². The fourth-order valence-electron chi connectivity index (χ4n) is 4.35. The molecule has 0 aromatic heterocycles. The maximum Gasteiger partial charge on any atom is -0.0114 e. The van der Waals surface area contributed by atoms with Crippen molar-refractivity contribution >= 4 is 16.3 Å². The Morgan fingerprint density at radius 1 is 0.957 bits per heavy atom. The van der Waals surface area contributed by atoms with Crippen molar-refractivity contribution in [2.45, 2.75) is 58.3 Å². The molecule has 0 nitrogen and oxygen atoms in total. The third-order valence-corrected chi connectivity index (χ3v) is 5.53. The molecule has 0 bridgehead atoms. The Morgan fingerprint density at radius 3 is 2.83 bits per heavy atom. The van der Waals surface area contributed by atoms with E-state index in [1.165, 1.54) is 67.9 Å². The van der Waals surface area contributed by atoms with Crippen LogP contribution in [-0.2, 0) is 12.8 Å². The van der Waals surface area contributed by atoms with Crippen LogP contribution in [-0.4, -0.2) is 0 Å². The molecule has 0 aliphatic heterocycles. The summed E-state index contributed by atoms with van der Waals surface area (Å²) in [4.78, 5) is 0. The molecule has 0 unspecified atom stereocenters. The minimum Gasteiger partial charge on any atom is -0.0836 e. The van der Waals surface area contributed by atoms with E-state index in [-0.39, 0.29) is 0 Å². The summed E-state index contributed by atoms with van der Waals surface area (Å²) in [5, 5.41) is 2.99. The number of aryl methyl sites for hydroxylation is 2. The molecule has 0 heterocycles. The normalized spacial score (nSPS) is 16.6. The zero-order chi connectivity index (χ0) is 15.6. The van der Waals surface area contributed by atoms with E-state index in [0.29, 0.717) is 0 Å². The minimum atomic E-state index is 1.23. The highest BCUT2D eigenvalue weighted by Crippen LogP contribution is 2.40. The van der Waals surface area contributed by atoms with Gasteiger partial charge in [-0.05, 0) is 71.6 Å². The van der Waals surface area contributed by atoms with Gasteiger partial charge in [0.1, 0.15) is 0 Å². The van der Waals surface area contributed by atoms with Gasteiger partial charge in [-0.1, -0.05) is 67.8 Å². The minimum absolute atomic E-state index is 1.23. The summed E-state index contributed by atoms with van der Waals surface area (Å²) >= 11 is 0. The molecule has 118 valence electrons. The zero-order valence-corrected chi connectivity index (χ0v) is 14.2. The maximum absolute atomic E-state index is 2.38. The summed E-state index contributed by atoms with van der Waals surface area (Å²) < 4.78 is 0. The van der Waals surface area contributed by atoms with Gasteiger partial charge >= 0.3 is 0 Å². The van der Waals surface area contributed by atoms with Crippen molar-refractivity contribution in [3.63, 3.8) is 0 Å². The second-order valence-electron chi connectivity index (χ2n) is 7.02. The van der Waals surface area contributed by atoms with Crippen LogP contribution in [0.2, 0.25) is 0 Å². The van der Waals surface area contributed by atoms with Crippen molar-refractivity contribution in [1.82, 2.24) is 0 Å². The van der Waals surface area contributed by atoms with Crippen molar-refractivity contribution in [2.75, 3.05) is 0 Å². The van der Waals surface area contributed by atoms with E-state index in [9.17, 15) is 0 Å². The van der Waals surface area contributed by atoms with Gasteiger partial charge in [0.2, 0.25) is 0 Å². The number of benzene rings is 2. The Balaban J connectivity index is 1.85. The van der Waals surface area contributed by atoms with Crippen molar-refractivity contribution < 1.29 is 0 Å². The van der Waals surface area contributed by atoms with Gasteiger partial charge in [0.05, 0.1) is 0 Å². The number of rotatable bonds is 4. The summed E-state index contributed by atoms with van der Waals surface area (Å²) in [7, 11) is 0. The third kappa shape index (κ3) is 2.65. The van der Waals surface area contributed by atoms with Crippen molar-refractivity contribution in [1.29, 1.82) is 0 Å². The summed E-state index contributed by atoms with van der Waals surface area (Å²) in [6.07, 6.45) is 14.9. The quantitative estimate of drug-likeness (QED) is 0.556. The molecule has 0 saturated heterocycles. The number of hydrogen-bond acceptors (Lipinski definition) is 0. The molecule has 0 fully saturated rings. The average molecular weight is 302 g/mol. The lowest BCUT2D eigenvalue weighted by Crippen LogP contribution is -2.08. The zero-order valence-electron chi connectivity index (χ0n) is 14.2. The largest absolute Gasteiger partial charge is 0.0836 e. The van der Waals surface area contributed by atoms with Crippen LogP contribution in [0.25, 0.3) is 16.3 Å². The summed E-state index contributed by atoms with van der Waals surface area (Å²) in [5.41, 5.74) is 7.90. The van der Waals surface area contributed by atoms with Crippen LogP contribution >= 0.6 is 0 Å². The molecule has 4 rings (SSSR count). The SMILES string of the molecule is CCCCCc1cccc2ccc3c(c12)CCC1=C3C=CCC1. The monoisotopic (exact) mass is 302 g/mol. The number of allylic oxidation sites excluding steroid dienone is 4. The Morgan fingerprint density at radius 2 is 1.91 bits per heavy atom. The molecule has 2 aliphatic carbocycles. The van der Waals surface area contributed by atoms with Crippen molar-refractivity contribution in [2.24, 2.45) is 0 Å². The molecule has 0 atom stereocenters. The molecule has 0 N–H and O–H groups in total. The Labute approximate surface area is 139 Å². The number of fused-ring (bicyclic) bond motifs is 4. The average Bonchev–Trinajstić information content (AvgIpc) is 2.61. The highest BCUT2D eigenvalue weighted by molar-refractivity contribution is 5.95. The van der Waals surface area contributed by atoms with E-state index in [0.717, 1.165) is 0 Å². The smallest absolute Gasteiger partial charge is 0.0114 e. The topological polar surface area (TPSA) is 0 Å². The van der Waals surface area contributed by atoms with Gasteiger partial charge < -0.3 is 0 Å². The van der Waals surface area contributed by atoms with Crippen LogP contribution in [0, 0.1) is 0 Å². The van der Waals surface area contributed by atoms with Crippen molar-refractivity contribution in [3.8, 4) is 0 Å². The second-order valence-corrected chi connectivity index (χ2v) is 7.02. The van der Waals surface area contributed by atoms with E-state index >= 15 is 0 Å². The van der Waals surface area contributed by atoms with E-state index in [4.69, 9.17) is 0 Å². The Kier molecular flexibility index (Phi) is 4.08. The Hall–Kier alpha value is -1.82. The summed E-state index contributed by atoms with van der Waals surface area (Å²) in [6, 6.07) is 11.6. The van der Waals surface area contributed by atoms with Crippen LogP contribution in [0.3, 0.4) is 0 Å². The van der Waals surface area contributed by atoms with Crippen LogP contribution in [0.4, 0.5) is 0 Å². The summed E-state index contributed by atoms with van der Waals surface area (Å²) in [5.74, 6) is 0. The molecule has 2 aliphatic rings. The molecule has 2 aromatic rings. The summed E-state index contributed by atoms with van der Waals surface area (Å²) in [6.45, 7) is 2.29. The first kappa shape index (κ1) is 14.8. The molecule has 0 amide bonds.